The lowest BCUT2D eigenvalue weighted by Crippen LogP contribution is -2.22. The molecular weight excluding hydrogens is 272 g/mol. The third-order valence-corrected chi connectivity index (χ3v) is 3.20. The average Bonchev–Trinajstić information content (AvgIpc) is 2.81. The number of carboxylic acid groups (broad SMARTS) is 1. The van der Waals surface area contributed by atoms with Gasteiger partial charge in [0.25, 0.3) is 0 Å². The summed E-state index contributed by atoms with van der Waals surface area (Å²) in [5, 5.41) is 18.9. The summed E-state index contributed by atoms with van der Waals surface area (Å²) in [6.45, 7) is 3.82. The van der Waals surface area contributed by atoms with Gasteiger partial charge in [-0.2, -0.15) is 0 Å². The first-order valence-electron chi connectivity index (χ1n) is 6.42. The van der Waals surface area contributed by atoms with Gasteiger partial charge in [-0.25, -0.2) is 4.68 Å². The lowest BCUT2D eigenvalue weighted by Gasteiger charge is -2.10. The molecule has 0 saturated carbocycles. The molecule has 0 unspecified atom stereocenters. The van der Waals surface area contributed by atoms with Crippen LogP contribution >= 0.6 is 0 Å². The lowest BCUT2D eigenvalue weighted by molar-refractivity contribution is -0.136. The van der Waals surface area contributed by atoms with Gasteiger partial charge in [0.1, 0.15) is 6.54 Å². The number of nitrogens with one attached hydrogen (secondary N) is 1. The second-order valence-electron chi connectivity index (χ2n) is 4.75. The van der Waals surface area contributed by atoms with E-state index in [1.807, 2.05) is 32.0 Å². The van der Waals surface area contributed by atoms with Gasteiger partial charge < -0.3 is 10.4 Å². The first-order chi connectivity index (χ1) is 9.97. The third kappa shape index (κ3) is 3.65. The largest absolute Gasteiger partial charge is 0.481 e. The van der Waals surface area contributed by atoms with Crippen molar-refractivity contribution < 1.29 is 14.7 Å². The number of hydrogen-bond acceptors (Lipinski definition) is 4. The van der Waals surface area contributed by atoms with Gasteiger partial charge in [-0.15, -0.1) is 5.10 Å². The van der Waals surface area contributed by atoms with Crippen LogP contribution in [-0.4, -0.2) is 32.0 Å². The normalized spacial score (nSPS) is 10.4. The Kier molecular flexibility index (Phi) is 4.32. The number of carboxylic acids is 1. The van der Waals surface area contributed by atoms with Crippen LogP contribution in [0, 0.1) is 13.8 Å². The number of carbonyl (C=O) groups is 2. The zero-order chi connectivity index (χ0) is 15.4. The zero-order valence-electron chi connectivity index (χ0n) is 11.8. The minimum Gasteiger partial charge on any atom is -0.481 e. The molecule has 0 aliphatic heterocycles. The van der Waals surface area contributed by atoms with Gasteiger partial charge in [0.15, 0.2) is 0 Å². The quantitative estimate of drug-likeness (QED) is 0.860. The Labute approximate surface area is 121 Å². The van der Waals surface area contributed by atoms with E-state index in [4.69, 9.17) is 5.11 Å². The van der Waals surface area contributed by atoms with Gasteiger partial charge in [0.2, 0.25) is 5.91 Å². The molecular formula is C14H16N4O3. The molecule has 0 aliphatic carbocycles. The van der Waals surface area contributed by atoms with Crippen molar-refractivity contribution >= 4 is 17.6 Å². The molecule has 2 rings (SSSR count). The van der Waals surface area contributed by atoms with Gasteiger partial charge >= 0.3 is 5.97 Å². The fourth-order valence-corrected chi connectivity index (χ4v) is 1.92. The number of amides is 1. The second kappa shape index (κ2) is 6.17. The summed E-state index contributed by atoms with van der Waals surface area (Å²) >= 11 is 0. The molecule has 2 aromatic rings. The van der Waals surface area contributed by atoms with Crippen molar-refractivity contribution in [3.63, 3.8) is 0 Å². The number of aromatic nitrogens is 3. The number of carbonyl (C=O) groups excluding carboxylic acids is 1. The Morgan fingerprint density at radius 2 is 2.10 bits per heavy atom. The van der Waals surface area contributed by atoms with Crippen LogP contribution in [0.2, 0.25) is 0 Å². The van der Waals surface area contributed by atoms with Crippen LogP contribution in [-0.2, 0) is 22.6 Å². The number of nitrogens with zero attached hydrogens (tertiary/aromatic N) is 3. The average molecular weight is 288 g/mol. The molecule has 1 heterocycles. The van der Waals surface area contributed by atoms with Crippen molar-refractivity contribution in [2.75, 3.05) is 5.32 Å². The Hall–Kier alpha value is -2.70. The Morgan fingerprint density at radius 1 is 1.33 bits per heavy atom. The molecule has 0 aliphatic rings. The molecule has 21 heavy (non-hydrogen) atoms. The van der Waals surface area contributed by atoms with Gasteiger partial charge in [0.05, 0.1) is 18.3 Å². The van der Waals surface area contributed by atoms with E-state index in [-0.39, 0.29) is 18.9 Å². The Bertz CT molecular complexity index is 679. The molecule has 1 amide bonds. The van der Waals surface area contributed by atoms with Crippen molar-refractivity contribution in [1.29, 1.82) is 0 Å². The van der Waals surface area contributed by atoms with Gasteiger partial charge in [-0.1, -0.05) is 17.3 Å². The highest BCUT2D eigenvalue weighted by atomic mass is 16.4. The molecule has 1 aromatic carbocycles. The first-order valence-corrected chi connectivity index (χ1v) is 6.42. The maximum Gasteiger partial charge on any atom is 0.309 e. The molecule has 0 atom stereocenters. The van der Waals surface area contributed by atoms with E-state index in [0.717, 1.165) is 16.8 Å². The van der Waals surface area contributed by atoms with Crippen molar-refractivity contribution in [2.24, 2.45) is 0 Å². The standard InChI is InChI=1S/C14H16N4O3/c1-9-4-3-5-12(10(9)2)16-13(19)8-18-11(6-14(20)21)7-15-17-18/h3-5,7H,6,8H2,1-2H3,(H,16,19)(H,20,21). The highest BCUT2D eigenvalue weighted by Crippen LogP contribution is 2.17. The predicted molar refractivity (Wildman–Crippen MR) is 75.9 cm³/mol. The van der Waals surface area contributed by atoms with Gasteiger partial charge in [-0.3, -0.25) is 9.59 Å². The number of rotatable bonds is 5. The van der Waals surface area contributed by atoms with E-state index in [9.17, 15) is 9.59 Å². The molecule has 7 heteroatoms. The summed E-state index contributed by atoms with van der Waals surface area (Å²) in [5.74, 6) is -1.27. The van der Waals surface area contributed by atoms with Crippen LogP contribution in [0.3, 0.4) is 0 Å². The number of aliphatic carboxylic acids is 1. The van der Waals surface area contributed by atoms with E-state index in [2.05, 4.69) is 15.6 Å². The molecule has 0 bridgehead atoms. The molecule has 110 valence electrons. The summed E-state index contributed by atoms with van der Waals surface area (Å²) < 4.78 is 1.29. The van der Waals surface area contributed by atoms with Crippen LogP contribution in [0.5, 0.6) is 0 Å². The lowest BCUT2D eigenvalue weighted by atomic mass is 10.1. The van der Waals surface area contributed by atoms with Crippen LogP contribution in [0.4, 0.5) is 5.69 Å². The minimum atomic E-state index is -0.992. The molecule has 0 saturated heterocycles. The number of anilines is 1. The van der Waals surface area contributed by atoms with Gasteiger partial charge in [-0.05, 0) is 31.0 Å². The summed E-state index contributed by atoms with van der Waals surface area (Å²) in [6.07, 6.45) is 1.13. The van der Waals surface area contributed by atoms with Crippen molar-refractivity contribution in [3.8, 4) is 0 Å². The van der Waals surface area contributed by atoms with Crippen LogP contribution < -0.4 is 5.32 Å². The summed E-state index contributed by atoms with van der Waals surface area (Å²) in [7, 11) is 0. The monoisotopic (exact) mass is 288 g/mol. The zero-order valence-corrected chi connectivity index (χ0v) is 11.8. The van der Waals surface area contributed by atoms with Crippen LogP contribution in [0.25, 0.3) is 0 Å². The fourth-order valence-electron chi connectivity index (χ4n) is 1.92. The van der Waals surface area contributed by atoms with E-state index in [1.54, 1.807) is 0 Å². The van der Waals surface area contributed by atoms with Gasteiger partial charge in [0, 0.05) is 5.69 Å². The number of benzene rings is 1. The van der Waals surface area contributed by atoms with E-state index in [0.29, 0.717) is 5.69 Å². The Balaban J connectivity index is 2.07. The third-order valence-electron chi connectivity index (χ3n) is 3.20. The highest BCUT2D eigenvalue weighted by molar-refractivity contribution is 5.91. The van der Waals surface area contributed by atoms with Crippen molar-refractivity contribution in [3.05, 3.63) is 41.2 Å². The van der Waals surface area contributed by atoms with E-state index in [1.165, 1.54) is 10.9 Å². The minimum absolute atomic E-state index is 0.0734. The SMILES string of the molecule is Cc1cccc(NC(=O)Cn2nncc2CC(=O)O)c1C. The van der Waals surface area contributed by atoms with E-state index >= 15 is 0 Å². The first kappa shape index (κ1) is 14.7. The number of hydrogen-bond donors (Lipinski definition) is 2. The summed E-state index contributed by atoms with van der Waals surface area (Å²) in [6, 6.07) is 5.65. The maximum atomic E-state index is 12.0. The predicted octanol–water partition coefficient (Wildman–Crippen LogP) is 1.16. The van der Waals surface area contributed by atoms with Crippen LogP contribution in [0.15, 0.2) is 24.4 Å². The molecule has 2 N–H and O–H groups in total. The molecule has 0 spiro atoms. The summed E-state index contributed by atoms with van der Waals surface area (Å²) in [5.41, 5.74) is 3.20. The Morgan fingerprint density at radius 3 is 2.81 bits per heavy atom. The van der Waals surface area contributed by atoms with Crippen molar-refractivity contribution in [1.82, 2.24) is 15.0 Å². The molecule has 0 radical (unpaired) electrons. The molecule has 7 nitrogen and oxygen atoms in total. The van der Waals surface area contributed by atoms with Crippen LogP contribution in [0.1, 0.15) is 16.8 Å². The molecule has 1 aromatic heterocycles. The number of aryl methyl sites for hydroxylation is 1. The second-order valence-corrected chi connectivity index (χ2v) is 4.75. The molecule has 0 fully saturated rings. The van der Waals surface area contributed by atoms with Crippen molar-refractivity contribution in [2.45, 2.75) is 26.8 Å². The summed E-state index contributed by atoms with van der Waals surface area (Å²) in [4.78, 5) is 22.7. The highest BCUT2D eigenvalue weighted by Gasteiger charge is 2.12. The fraction of sp³-hybridized carbons (Fsp3) is 0.286. The van der Waals surface area contributed by atoms with E-state index < -0.39 is 5.97 Å². The topological polar surface area (TPSA) is 97.1 Å². The smallest absolute Gasteiger partial charge is 0.309 e. The maximum absolute atomic E-state index is 12.0.